The lowest BCUT2D eigenvalue weighted by Crippen LogP contribution is -2.22. The van der Waals surface area contributed by atoms with Crippen LogP contribution in [0.3, 0.4) is 0 Å². The summed E-state index contributed by atoms with van der Waals surface area (Å²) < 4.78 is 0. The Balaban J connectivity index is 1.78. The number of imidazole rings is 1. The number of benzene rings is 1. The first kappa shape index (κ1) is 12.3. The topological polar surface area (TPSA) is 53.6 Å². The Labute approximate surface area is 115 Å². The van der Waals surface area contributed by atoms with Crippen molar-refractivity contribution in [3.63, 3.8) is 0 Å². The molecule has 0 radical (unpaired) electrons. The monoisotopic (exact) mass is 272 g/mol. The predicted octanol–water partition coefficient (Wildman–Crippen LogP) is 3.43. The molecule has 5 heteroatoms. The standard InChI is InChI=1S/C14H16N4S/c1-9(13-7-15-8-19-13)16-10(2)14-17-11-5-3-4-6-12(11)18-14/h3-10,16H,1-2H3,(H,17,18). The van der Waals surface area contributed by atoms with Crippen molar-refractivity contribution < 1.29 is 0 Å². The van der Waals surface area contributed by atoms with E-state index >= 15 is 0 Å². The average molecular weight is 272 g/mol. The van der Waals surface area contributed by atoms with Gasteiger partial charge >= 0.3 is 0 Å². The lowest BCUT2D eigenvalue weighted by molar-refractivity contribution is 0.484. The molecular weight excluding hydrogens is 256 g/mol. The molecule has 4 nitrogen and oxygen atoms in total. The molecule has 2 aromatic heterocycles. The van der Waals surface area contributed by atoms with Gasteiger partial charge in [0.25, 0.3) is 0 Å². The predicted molar refractivity (Wildman–Crippen MR) is 78.2 cm³/mol. The molecule has 0 spiro atoms. The Bertz CT molecular complexity index is 626. The van der Waals surface area contributed by atoms with Gasteiger partial charge in [-0.1, -0.05) is 12.1 Å². The number of rotatable bonds is 4. The fraction of sp³-hybridized carbons (Fsp3) is 0.286. The first-order chi connectivity index (χ1) is 9.24. The third kappa shape index (κ3) is 2.52. The van der Waals surface area contributed by atoms with Crippen LogP contribution in [0.4, 0.5) is 0 Å². The molecule has 98 valence electrons. The van der Waals surface area contributed by atoms with Crippen LogP contribution in [0, 0.1) is 0 Å². The first-order valence-corrected chi connectivity index (χ1v) is 7.21. The summed E-state index contributed by atoms with van der Waals surface area (Å²) in [6.45, 7) is 4.27. The summed E-state index contributed by atoms with van der Waals surface area (Å²) in [5.74, 6) is 0.970. The van der Waals surface area contributed by atoms with Gasteiger partial charge in [-0.2, -0.15) is 0 Å². The van der Waals surface area contributed by atoms with Crippen LogP contribution in [0.2, 0.25) is 0 Å². The molecule has 0 bridgehead atoms. The Morgan fingerprint density at radius 3 is 2.79 bits per heavy atom. The van der Waals surface area contributed by atoms with E-state index in [1.54, 1.807) is 11.3 Å². The third-order valence-electron chi connectivity index (χ3n) is 3.20. The minimum Gasteiger partial charge on any atom is -0.341 e. The molecule has 2 N–H and O–H groups in total. The van der Waals surface area contributed by atoms with Gasteiger partial charge in [0.15, 0.2) is 0 Å². The van der Waals surface area contributed by atoms with Gasteiger partial charge in [0.1, 0.15) is 5.82 Å². The molecule has 0 aliphatic heterocycles. The van der Waals surface area contributed by atoms with Crippen LogP contribution in [0.15, 0.2) is 36.0 Å². The second-order valence-corrected chi connectivity index (χ2v) is 5.57. The van der Waals surface area contributed by atoms with E-state index < -0.39 is 0 Å². The molecule has 0 fully saturated rings. The van der Waals surface area contributed by atoms with E-state index in [0.717, 1.165) is 16.9 Å². The largest absolute Gasteiger partial charge is 0.341 e. The van der Waals surface area contributed by atoms with Crippen LogP contribution in [0.1, 0.15) is 36.6 Å². The molecule has 0 saturated heterocycles. The van der Waals surface area contributed by atoms with E-state index in [-0.39, 0.29) is 12.1 Å². The molecule has 0 aliphatic carbocycles. The Morgan fingerprint density at radius 1 is 1.21 bits per heavy atom. The van der Waals surface area contributed by atoms with Gasteiger partial charge in [0.2, 0.25) is 0 Å². The highest BCUT2D eigenvalue weighted by Crippen LogP contribution is 2.21. The van der Waals surface area contributed by atoms with Crippen molar-refractivity contribution in [1.29, 1.82) is 0 Å². The van der Waals surface area contributed by atoms with Crippen molar-refractivity contribution in [2.24, 2.45) is 0 Å². The minimum absolute atomic E-state index is 0.171. The molecule has 2 heterocycles. The van der Waals surface area contributed by atoms with E-state index in [2.05, 4.69) is 34.1 Å². The maximum atomic E-state index is 4.62. The second kappa shape index (κ2) is 5.11. The van der Waals surface area contributed by atoms with Gasteiger partial charge in [-0.3, -0.25) is 4.98 Å². The molecule has 3 rings (SSSR count). The normalized spacial score (nSPS) is 14.6. The van der Waals surface area contributed by atoms with E-state index in [0.29, 0.717) is 0 Å². The summed E-state index contributed by atoms with van der Waals surface area (Å²) in [4.78, 5) is 13.3. The van der Waals surface area contributed by atoms with Crippen molar-refractivity contribution in [2.75, 3.05) is 0 Å². The molecule has 0 amide bonds. The third-order valence-corrected chi connectivity index (χ3v) is 4.15. The number of nitrogens with one attached hydrogen (secondary N) is 2. The second-order valence-electron chi connectivity index (χ2n) is 4.65. The maximum absolute atomic E-state index is 4.62. The molecule has 19 heavy (non-hydrogen) atoms. The number of para-hydroxylation sites is 2. The fourth-order valence-corrected chi connectivity index (χ4v) is 2.79. The Hall–Kier alpha value is -1.72. The number of nitrogens with zero attached hydrogens (tertiary/aromatic N) is 2. The zero-order chi connectivity index (χ0) is 13.2. The molecule has 0 saturated carbocycles. The smallest absolute Gasteiger partial charge is 0.124 e. The number of aromatic amines is 1. The Morgan fingerprint density at radius 2 is 2.05 bits per heavy atom. The van der Waals surface area contributed by atoms with Crippen LogP contribution in [0.25, 0.3) is 11.0 Å². The summed E-state index contributed by atoms with van der Waals surface area (Å²) >= 11 is 1.67. The van der Waals surface area contributed by atoms with Crippen LogP contribution < -0.4 is 5.32 Å². The minimum atomic E-state index is 0.171. The zero-order valence-corrected chi connectivity index (χ0v) is 11.7. The number of aromatic nitrogens is 3. The van der Waals surface area contributed by atoms with Crippen molar-refractivity contribution >= 4 is 22.4 Å². The summed E-state index contributed by atoms with van der Waals surface area (Å²) in [5, 5.41) is 3.54. The highest BCUT2D eigenvalue weighted by Gasteiger charge is 2.15. The van der Waals surface area contributed by atoms with Crippen molar-refractivity contribution in [1.82, 2.24) is 20.3 Å². The number of hydrogen-bond acceptors (Lipinski definition) is 4. The highest BCUT2D eigenvalue weighted by molar-refractivity contribution is 7.09. The maximum Gasteiger partial charge on any atom is 0.124 e. The lowest BCUT2D eigenvalue weighted by atomic mass is 10.2. The summed E-state index contributed by atoms with van der Waals surface area (Å²) in [6.07, 6.45) is 1.91. The number of H-pyrrole nitrogens is 1. The van der Waals surface area contributed by atoms with Gasteiger partial charge in [-0.25, -0.2) is 4.98 Å². The SMILES string of the molecule is CC(NC(C)c1cncs1)c1nc2ccccc2[nH]1. The molecular formula is C14H16N4S. The van der Waals surface area contributed by atoms with Gasteiger partial charge in [-0.05, 0) is 26.0 Å². The van der Waals surface area contributed by atoms with E-state index in [9.17, 15) is 0 Å². The van der Waals surface area contributed by atoms with Crippen LogP contribution >= 0.6 is 11.3 Å². The fourth-order valence-electron chi connectivity index (χ4n) is 2.15. The van der Waals surface area contributed by atoms with Crippen molar-refractivity contribution in [3.8, 4) is 0 Å². The van der Waals surface area contributed by atoms with Gasteiger partial charge in [0, 0.05) is 17.1 Å². The quantitative estimate of drug-likeness (QED) is 0.765. The van der Waals surface area contributed by atoms with E-state index in [4.69, 9.17) is 0 Å². The number of thiazole rings is 1. The van der Waals surface area contributed by atoms with Crippen LogP contribution in [-0.4, -0.2) is 15.0 Å². The van der Waals surface area contributed by atoms with Gasteiger partial charge in [0.05, 0.1) is 22.6 Å². The zero-order valence-electron chi connectivity index (χ0n) is 10.9. The van der Waals surface area contributed by atoms with Gasteiger partial charge < -0.3 is 10.3 Å². The summed E-state index contributed by atoms with van der Waals surface area (Å²) in [5.41, 5.74) is 3.95. The molecule has 2 unspecified atom stereocenters. The lowest BCUT2D eigenvalue weighted by Gasteiger charge is -2.16. The molecule has 3 aromatic rings. The van der Waals surface area contributed by atoms with Crippen LogP contribution in [-0.2, 0) is 0 Å². The summed E-state index contributed by atoms with van der Waals surface area (Å²) in [7, 11) is 0. The van der Waals surface area contributed by atoms with E-state index in [1.807, 2.05) is 36.0 Å². The number of hydrogen-bond donors (Lipinski definition) is 2. The van der Waals surface area contributed by atoms with Crippen LogP contribution in [0.5, 0.6) is 0 Å². The highest BCUT2D eigenvalue weighted by atomic mass is 32.1. The molecule has 0 aliphatic rings. The van der Waals surface area contributed by atoms with Crippen molar-refractivity contribution in [3.05, 3.63) is 46.7 Å². The Kier molecular flexibility index (Phi) is 3.31. The molecule has 1 aromatic carbocycles. The molecule has 2 atom stereocenters. The first-order valence-electron chi connectivity index (χ1n) is 6.33. The van der Waals surface area contributed by atoms with Crippen molar-refractivity contribution in [2.45, 2.75) is 25.9 Å². The van der Waals surface area contributed by atoms with E-state index in [1.165, 1.54) is 4.88 Å². The average Bonchev–Trinajstić information content (AvgIpc) is 3.07. The van der Waals surface area contributed by atoms with Gasteiger partial charge in [-0.15, -0.1) is 11.3 Å². The summed E-state index contributed by atoms with van der Waals surface area (Å²) in [6, 6.07) is 8.54. The number of fused-ring (bicyclic) bond motifs is 1.